The maximum Gasteiger partial charge on any atom is 0.165 e. The highest BCUT2D eigenvalue weighted by Crippen LogP contribution is 2.30. The van der Waals surface area contributed by atoms with Crippen molar-refractivity contribution < 1.29 is 13.9 Å². The minimum atomic E-state index is -0.521. The molecular formula is C14H18FN3O2. The summed E-state index contributed by atoms with van der Waals surface area (Å²) < 4.78 is 25.7. The molecule has 2 aromatic rings. The summed E-state index contributed by atoms with van der Waals surface area (Å²) in [5, 5.41) is 4.20. The number of nitrogens with zero attached hydrogens (tertiary/aromatic N) is 2. The second-order valence-corrected chi connectivity index (χ2v) is 4.29. The molecule has 2 N–H and O–H groups in total. The van der Waals surface area contributed by atoms with Crippen molar-refractivity contribution in [2.45, 2.75) is 19.5 Å². The fourth-order valence-corrected chi connectivity index (χ4v) is 2.13. The Balaban J connectivity index is 2.43. The molecule has 0 aliphatic rings. The average Bonchev–Trinajstić information content (AvgIpc) is 2.89. The van der Waals surface area contributed by atoms with Crippen LogP contribution in [0.1, 0.15) is 24.2 Å². The molecule has 0 radical (unpaired) electrons. The van der Waals surface area contributed by atoms with E-state index in [1.165, 1.54) is 13.2 Å². The Kier molecular flexibility index (Phi) is 4.24. The van der Waals surface area contributed by atoms with E-state index < -0.39 is 11.9 Å². The van der Waals surface area contributed by atoms with Gasteiger partial charge in [0.15, 0.2) is 17.3 Å². The zero-order valence-electron chi connectivity index (χ0n) is 11.8. The number of halogens is 1. The molecule has 108 valence electrons. The number of rotatable bonds is 5. The molecule has 0 saturated carbocycles. The lowest BCUT2D eigenvalue weighted by atomic mass is 10.0. The second-order valence-electron chi connectivity index (χ2n) is 4.29. The van der Waals surface area contributed by atoms with Crippen LogP contribution in [-0.4, -0.2) is 24.0 Å². The molecule has 1 aromatic heterocycles. The normalized spacial score (nSPS) is 12.2. The number of nitrogens with two attached hydrogens (primary N) is 1. The van der Waals surface area contributed by atoms with Gasteiger partial charge >= 0.3 is 0 Å². The largest absolute Gasteiger partial charge is 0.494 e. The molecule has 0 saturated heterocycles. The van der Waals surface area contributed by atoms with Crippen molar-refractivity contribution in [3.8, 4) is 11.5 Å². The number of ether oxygens (including phenoxy) is 2. The minimum absolute atomic E-state index is 0.192. The van der Waals surface area contributed by atoms with Crippen molar-refractivity contribution in [2.75, 3.05) is 14.2 Å². The maximum absolute atomic E-state index is 13.8. The summed E-state index contributed by atoms with van der Waals surface area (Å²) in [4.78, 5) is 0. The van der Waals surface area contributed by atoms with Crippen molar-refractivity contribution in [2.24, 2.45) is 5.73 Å². The van der Waals surface area contributed by atoms with E-state index in [2.05, 4.69) is 5.10 Å². The summed E-state index contributed by atoms with van der Waals surface area (Å²) in [6.07, 6.45) is 1.61. The molecule has 2 rings (SSSR count). The molecule has 0 amide bonds. The zero-order valence-corrected chi connectivity index (χ0v) is 11.8. The summed E-state index contributed by atoms with van der Waals surface area (Å²) in [5.41, 5.74) is 7.58. The summed E-state index contributed by atoms with van der Waals surface area (Å²) in [5.74, 6) is 0.342. The Morgan fingerprint density at radius 1 is 1.30 bits per heavy atom. The van der Waals surface area contributed by atoms with E-state index in [0.717, 1.165) is 5.69 Å². The summed E-state index contributed by atoms with van der Waals surface area (Å²) >= 11 is 0. The van der Waals surface area contributed by atoms with Gasteiger partial charge in [-0.25, -0.2) is 4.39 Å². The van der Waals surface area contributed by atoms with E-state index in [9.17, 15) is 4.39 Å². The van der Waals surface area contributed by atoms with Crippen molar-refractivity contribution in [3.63, 3.8) is 0 Å². The van der Waals surface area contributed by atoms with Gasteiger partial charge < -0.3 is 15.2 Å². The summed E-state index contributed by atoms with van der Waals surface area (Å²) in [7, 11) is 2.98. The summed E-state index contributed by atoms with van der Waals surface area (Å²) in [6, 6.07) is 4.14. The molecule has 20 heavy (non-hydrogen) atoms. The van der Waals surface area contributed by atoms with Crippen LogP contribution >= 0.6 is 0 Å². The van der Waals surface area contributed by atoms with Crippen LogP contribution in [0.2, 0.25) is 0 Å². The SMILES string of the molecule is CCn1ncc(OC)c1C(N)c1ccc(OC)c(F)c1. The molecule has 1 aromatic carbocycles. The molecule has 0 fully saturated rings. The number of aryl methyl sites for hydroxylation is 1. The van der Waals surface area contributed by atoms with Crippen LogP contribution in [0.15, 0.2) is 24.4 Å². The van der Waals surface area contributed by atoms with Crippen molar-refractivity contribution in [3.05, 3.63) is 41.5 Å². The van der Waals surface area contributed by atoms with Gasteiger partial charge in [-0.1, -0.05) is 6.07 Å². The fraction of sp³-hybridized carbons (Fsp3) is 0.357. The van der Waals surface area contributed by atoms with Crippen LogP contribution in [0.25, 0.3) is 0 Å². The van der Waals surface area contributed by atoms with E-state index in [1.807, 2.05) is 6.92 Å². The van der Waals surface area contributed by atoms with Gasteiger partial charge in [-0.05, 0) is 24.6 Å². The van der Waals surface area contributed by atoms with Crippen molar-refractivity contribution >= 4 is 0 Å². The first-order valence-electron chi connectivity index (χ1n) is 6.31. The van der Waals surface area contributed by atoms with Crippen LogP contribution in [0.3, 0.4) is 0 Å². The van der Waals surface area contributed by atoms with E-state index in [4.69, 9.17) is 15.2 Å². The summed E-state index contributed by atoms with van der Waals surface area (Å²) in [6.45, 7) is 2.61. The van der Waals surface area contributed by atoms with Gasteiger partial charge in [0.05, 0.1) is 26.5 Å². The van der Waals surface area contributed by atoms with Gasteiger partial charge in [0.2, 0.25) is 0 Å². The molecule has 1 unspecified atom stereocenters. The van der Waals surface area contributed by atoms with Crippen LogP contribution in [0.5, 0.6) is 11.5 Å². The van der Waals surface area contributed by atoms with Crippen molar-refractivity contribution in [1.29, 1.82) is 0 Å². The molecule has 0 bridgehead atoms. The molecule has 0 aliphatic carbocycles. The molecule has 5 nitrogen and oxygen atoms in total. The van der Waals surface area contributed by atoms with Crippen LogP contribution in [0.4, 0.5) is 4.39 Å². The average molecular weight is 279 g/mol. The monoisotopic (exact) mass is 279 g/mol. The topological polar surface area (TPSA) is 62.3 Å². The maximum atomic E-state index is 13.8. The van der Waals surface area contributed by atoms with E-state index in [-0.39, 0.29) is 5.75 Å². The zero-order chi connectivity index (χ0) is 14.7. The molecular weight excluding hydrogens is 261 g/mol. The van der Waals surface area contributed by atoms with E-state index in [1.54, 1.807) is 30.1 Å². The van der Waals surface area contributed by atoms with E-state index in [0.29, 0.717) is 17.9 Å². The number of methoxy groups -OCH3 is 2. The first kappa shape index (κ1) is 14.3. The van der Waals surface area contributed by atoms with Gasteiger partial charge in [-0.2, -0.15) is 5.10 Å². The van der Waals surface area contributed by atoms with Crippen LogP contribution < -0.4 is 15.2 Å². The second kappa shape index (κ2) is 5.92. The standard InChI is InChI=1S/C14H18FN3O2/c1-4-18-14(12(20-3)8-17-18)13(16)9-5-6-11(19-2)10(15)7-9/h5-8,13H,4,16H2,1-3H3. The highest BCUT2D eigenvalue weighted by Gasteiger charge is 2.20. The predicted octanol–water partition coefficient (Wildman–Crippen LogP) is 2.11. The Hall–Kier alpha value is -2.08. The Morgan fingerprint density at radius 3 is 2.55 bits per heavy atom. The first-order valence-corrected chi connectivity index (χ1v) is 6.31. The Labute approximate surface area is 117 Å². The lowest BCUT2D eigenvalue weighted by molar-refractivity contribution is 0.385. The third kappa shape index (κ3) is 2.46. The molecule has 1 heterocycles. The third-order valence-corrected chi connectivity index (χ3v) is 3.19. The lowest BCUT2D eigenvalue weighted by Crippen LogP contribution is -2.18. The van der Waals surface area contributed by atoms with Crippen LogP contribution in [0, 0.1) is 5.82 Å². The minimum Gasteiger partial charge on any atom is -0.494 e. The number of hydrogen-bond donors (Lipinski definition) is 1. The number of aromatic nitrogens is 2. The molecule has 0 spiro atoms. The first-order chi connectivity index (χ1) is 9.62. The van der Waals surface area contributed by atoms with Crippen molar-refractivity contribution in [1.82, 2.24) is 9.78 Å². The van der Waals surface area contributed by atoms with Gasteiger partial charge in [-0.15, -0.1) is 0 Å². The lowest BCUT2D eigenvalue weighted by Gasteiger charge is -2.16. The van der Waals surface area contributed by atoms with E-state index >= 15 is 0 Å². The molecule has 6 heteroatoms. The highest BCUT2D eigenvalue weighted by molar-refractivity contribution is 5.39. The fourth-order valence-electron chi connectivity index (χ4n) is 2.13. The predicted molar refractivity (Wildman–Crippen MR) is 73.4 cm³/mol. The van der Waals surface area contributed by atoms with Gasteiger partial charge in [-0.3, -0.25) is 4.68 Å². The number of benzene rings is 1. The third-order valence-electron chi connectivity index (χ3n) is 3.19. The Morgan fingerprint density at radius 2 is 2.00 bits per heavy atom. The van der Waals surface area contributed by atoms with Crippen LogP contribution in [-0.2, 0) is 6.54 Å². The highest BCUT2D eigenvalue weighted by atomic mass is 19.1. The van der Waals surface area contributed by atoms with Gasteiger partial charge in [0, 0.05) is 6.54 Å². The Bertz CT molecular complexity index is 577. The van der Waals surface area contributed by atoms with Gasteiger partial charge in [0.1, 0.15) is 5.69 Å². The van der Waals surface area contributed by atoms with Gasteiger partial charge in [0.25, 0.3) is 0 Å². The molecule has 0 aliphatic heterocycles. The quantitative estimate of drug-likeness (QED) is 0.910. The smallest absolute Gasteiger partial charge is 0.165 e. The number of hydrogen-bond acceptors (Lipinski definition) is 4. The molecule has 1 atom stereocenters.